The fourth-order valence-electron chi connectivity index (χ4n) is 3.52. The molecule has 2 fully saturated rings. The van der Waals surface area contributed by atoms with Gasteiger partial charge in [0.1, 0.15) is 11.9 Å². The average molecular weight is 297 g/mol. The van der Waals surface area contributed by atoms with Crippen LogP contribution in [-0.4, -0.2) is 17.1 Å². The molecule has 1 aromatic carbocycles. The highest BCUT2D eigenvalue weighted by Crippen LogP contribution is 2.54. The lowest BCUT2D eigenvalue weighted by atomic mass is 9.61. The molecule has 5 nitrogen and oxygen atoms in total. The smallest absolute Gasteiger partial charge is 0.271 e. The number of nitrogens with zero attached hydrogens (tertiary/aromatic N) is 1. The fraction of sp³-hybridized carbons (Fsp3) is 0.571. The minimum atomic E-state index is -0.465. The van der Waals surface area contributed by atoms with Gasteiger partial charge in [0.05, 0.1) is 9.95 Å². The van der Waals surface area contributed by atoms with E-state index < -0.39 is 4.92 Å². The number of non-ortho nitro benzene ring substituents is 1. The highest BCUT2D eigenvalue weighted by molar-refractivity contribution is 6.32. The summed E-state index contributed by atoms with van der Waals surface area (Å²) in [4.78, 5) is 10.2. The zero-order chi connectivity index (χ0) is 14.3. The molecule has 2 N–H and O–H groups in total. The maximum absolute atomic E-state index is 10.7. The number of nitro groups is 1. The molecule has 2 atom stereocenters. The van der Waals surface area contributed by atoms with E-state index in [2.05, 4.69) is 0 Å². The van der Waals surface area contributed by atoms with Crippen molar-refractivity contribution in [3.63, 3.8) is 0 Å². The second-order valence-electron chi connectivity index (χ2n) is 5.76. The summed E-state index contributed by atoms with van der Waals surface area (Å²) in [7, 11) is 0. The number of hydrogen-bond acceptors (Lipinski definition) is 4. The molecule has 0 heterocycles. The molecule has 0 aliphatic heterocycles. The second kappa shape index (κ2) is 4.90. The van der Waals surface area contributed by atoms with E-state index in [1.165, 1.54) is 25.0 Å². The number of nitrogens with two attached hydrogens (primary N) is 1. The molecule has 0 amide bonds. The average Bonchev–Trinajstić information content (AvgIpc) is 2.92. The summed E-state index contributed by atoms with van der Waals surface area (Å²) in [5.74, 6) is 0.514. The van der Waals surface area contributed by atoms with Gasteiger partial charge in [-0.25, -0.2) is 0 Å². The van der Waals surface area contributed by atoms with Crippen molar-refractivity contribution in [3.8, 4) is 5.75 Å². The molecule has 0 bridgehead atoms. The predicted octanol–water partition coefficient (Wildman–Crippen LogP) is 3.29. The summed E-state index contributed by atoms with van der Waals surface area (Å²) < 4.78 is 5.99. The SMILES string of the molecule is NC1CC(Oc2ccc([N+](=O)[O-])cc2Cl)C12CCCC2. The predicted molar refractivity (Wildman–Crippen MR) is 76.0 cm³/mol. The molecule has 3 rings (SSSR count). The normalized spacial score (nSPS) is 27.3. The molecular formula is C14H17ClN2O3. The molecule has 0 radical (unpaired) electrons. The quantitative estimate of drug-likeness (QED) is 0.686. The maximum atomic E-state index is 10.7. The van der Waals surface area contributed by atoms with Gasteiger partial charge < -0.3 is 10.5 Å². The summed E-state index contributed by atoms with van der Waals surface area (Å²) in [5, 5.41) is 11.0. The van der Waals surface area contributed by atoms with Crippen LogP contribution in [0.25, 0.3) is 0 Å². The number of nitro benzene ring substituents is 1. The molecule has 2 saturated carbocycles. The lowest BCUT2D eigenvalue weighted by Crippen LogP contribution is -2.62. The van der Waals surface area contributed by atoms with Crippen LogP contribution in [-0.2, 0) is 0 Å². The van der Waals surface area contributed by atoms with E-state index in [0.29, 0.717) is 5.75 Å². The van der Waals surface area contributed by atoms with E-state index in [-0.39, 0.29) is 28.3 Å². The molecule has 0 saturated heterocycles. The van der Waals surface area contributed by atoms with Crippen LogP contribution in [0, 0.1) is 15.5 Å². The van der Waals surface area contributed by atoms with Gasteiger partial charge in [-0.2, -0.15) is 0 Å². The van der Waals surface area contributed by atoms with Crippen molar-refractivity contribution >= 4 is 17.3 Å². The van der Waals surface area contributed by atoms with Crippen LogP contribution in [0.15, 0.2) is 18.2 Å². The van der Waals surface area contributed by atoms with Crippen molar-refractivity contribution in [2.75, 3.05) is 0 Å². The van der Waals surface area contributed by atoms with Crippen LogP contribution in [0.2, 0.25) is 5.02 Å². The second-order valence-corrected chi connectivity index (χ2v) is 6.17. The summed E-state index contributed by atoms with van der Waals surface area (Å²) in [6.45, 7) is 0. The first-order chi connectivity index (χ1) is 9.53. The summed E-state index contributed by atoms with van der Waals surface area (Å²) in [6.07, 6.45) is 5.50. The van der Waals surface area contributed by atoms with Crippen LogP contribution in [0.5, 0.6) is 5.75 Å². The van der Waals surface area contributed by atoms with Crippen LogP contribution in [0.1, 0.15) is 32.1 Å². The first-order valence-corrected chi connectivity index (χ1v) is 7.27. The third-order valence-corrected chi connectivity index (χ3v) is 5.07. The lowest BCUT2D eigenvalue weighted by molar-refractivity contribution is -0.384. The number of benzene rings is 1. The minimum absolute atomic E-state index is 0.0248. The standard InChI is InChI=1S/C14H17ClN2O3/c15-10-7-9(17(18)19)3-4-11(10)20-13-8-12(16)14(13)5-1-2-6-14/h3-4,7,12-13H,1-2,5-6,8,16H2. The maximum Gasteiger partial charge on any atom is 0.271 e. The Balaban J connectivity index is 1.77. The summed E-state index contributed by atoms with van der Waals surface area (Å²) in [5.41, 5.74) is 6.23. The van der Waals surface area contributed by atoms with Gasteiger partial charge in [-0.3, -0.25) is 10.1 Å². The Morgan fingerprint density at radius 3 is 2.65 bits per heavy atom. The zero-order valence-corrected chi connectivity index (χ0v) is 11.8. The van der Waals surface area contributed by atoms with Gasteiger partial charge in [0.25, 0.3) is 5.69 Å². The number of ether oxygens (including phenoxy) is 1. The molecule has 0 aromatic heterocycles. The van der Waals surface area contributed by atoms with Crippen LogP contribution < -0.4 is 10.5 Å². The van der Waals surface area contributed by atoms with Gasteiger partial charge >= 0.3 is 0 Å². The number of hydrogen-bond donors (Lipinski definition) is 1. The first kappa shape index (κ1) is 13.6. The Hall–Kier alpha value is -1.33. The Bertz CT molecular complexity index is 543. The Morgan fingerprint density at radius 2 is 2.10 bits per heavy atom. The van der Waals surface area contributed by atoms with Crippen LogP contribution in [0.4, 0.5) is 5.69 Å². The molecule has 6 heteroatoms. The van der Waals surface area contributed by atoms with E-state index in [1.54, 1.807) is 6.07 Å². The van der Waals surface area contributed by atoms with Gasteiger partial charge in [-0.05, 0) is 18.9 Å². The van der Waals surface area contributed by atoms with E-state index in [9.17, 15) is 10.1 Å². The molecular weight excluding hydrogens is 280 g/mol. The van der Waals surface area contributed by atoms with Gasteiger partial charge in [0.15, 0.2) is 0 Å². The Kier molecular flexibility index (Phi) is 3.34. The topological polar surface area (TPSA) is 78.4 Å². The molecule has 108 valence electrons. The molecule has 1 spiro atoms. The molecule has 2 aliphatic carbocycles. The Morgan fingerprint density at radius 1 is 1.40 bits per heavy atom. The third kappa shape index (κ3) is 2.05. The van der Waals surface area contributed by atoms with Crippen molar-refractivity contribution in [1.82, 2.24) is 0 Å². The summed E-state index contributed by atoms with van der Waals surface area (Å²) >= 11 is 6.07. The van der Waals surface area contributed by atoms with E-state index in [1.807, 2.05) is 0 Å². The molecule has 2 unspecified atom stereocenters. The van der Waals surface area contributed by atoms with Crippen LogP contribution >= 0.6 is 11.6 Å². The molecule has 20 heavy (non-hydrogen) atoms. The van der Waals surface area contributed by atoms with Gasteiger partial charge in [0.2, 0.25) is 0 Å². The zero-order valence-electron chi connectivity index (χ0n) is 11.0. The fourth-order valence-corrected chi connectivity index (χ4v) is 3.74. The van der Waals surface area contributed by atoms with Crippen molar-refractivity contribution in [1.29, 1.82) is 0 Å². The van der Waals surface area contributed by atoms with E-state index >= 15 is 0 Å². The number of rotatable bonds is 3. The van der Waals surface area contributed by atoms with E-state index in [0.717, 1.165) is 19.3 Å². The van der Waals surface area contributed by atoms with Crippen molar-refractivity contribution in [3.05, 3.63) is 33.3 Å². The van der Waals surface area contributed by atoms with E-state index in [4.69, 9.17) is 22.1 Å². The van der Waals surface area contributed by atoms with Crippen LogP contribution in [0.3, 0.4) is 0 Å². The van der Waals surface area contributed by atoms with Gasteiger partial charge in [0, 0.05) is 30.0 Å². The van der Waals surface area contributed by atoms with Gasteiger partial charge in [-0.15, -0.1) is 0 Å². The summed E-state index contributed by atoms with van der Waals surface area (Å²) in [6, 6.07) is 4.53. The monoisotopic (exact) mass is 296 g/mol. The molecule has 1 aromatic rings. The first-order valence-electron chi connectivity index (χ1n) is 6.89. The molecule has 2 aliphatic rings. The van der Waals surface area contributed by atoms with Crippen molar-refractivity contribution < 1.29 is 9.66 Å². The lowest BCUT2D eigenvalue weighted by Gasteiger charge is -2.52. The highest BCUT2D eigenvalue weighted by atomic mass is 35.5. The Labute approximate surface area is 122 Å². The number of halogens is 1. The van der Waals surface area contributed by atoms with Crippen molar-refractivity contribution in [2.45, 2.75) is 44.2 Å². The highest BCUT2D eigenvalue weighted by Gasteiger charge is 2.56. The van der Waals surface area contributed by atoms with Crippen molar-refractivity contribution in [2.24, 2.45) is 11.1 Å². The largest absolute Gasteiger partial charge is 0.488 e. The minimum Gasteiger partial charge on any atom is -0.488 e. The third-order valence-electron chi connectivity index (χ3n) is 4.78. The van der Waals surface area contributed by atoms with Gasteiger partial charge in [-0.1, -0.05) is 24.4 Å².